The Morgan fingerprint density at radius 3 is 2.00 bits per heavy atom. The molecule has 0 heterocycles. The first-order valence-electron chi connectivity index (χ1n) is 1.41. The van der Waals surface area contributed by atoms with Gasteiger partial charge in [0.2, 0.25) is 5.97 Å². The molecular formula is C3H2FN3. The first-order valence-corrected chi connectivity index (χ1v) is 1.41. The van der Waals surface area contributed by atoms with E-state index in [0.29, 0.717) is 0 Å². The Hall–Kier alpha value is -1.24. The molecule has 7 heavy (non-hydrogen) atoms. The van der Waals surface area contributed by atoms with Crippen LogP contribution in [0.2, 0.25) is 0 Å². The first kappa shape index (κ1) is 5.76. The largest absolute Gasteiger partial charge is 0.286 e. The molecule has 0 bridgehead atoms. The van der Waals surface area contributed by atoms with Crippen molar-refractivity contribution in [2.75, 3.05) is 0 Å². The maximum atomic E-state index is 11.2. The van der Waals surface area contributed by atoms with Crippen molar-refractivity contribution in [3.8, 4) is 6.07 Å². The fourth-order valence-corrected chi connectivity index (χ4v) is 0.0491. The molecule has 0 aliphatic heterocycles. The minimum absolute atomic E-state index is 0.931. The zero-order valence-electron chi connectivity index (χ0n) is 3.33. The highest BCUT2D eigenvalue weighted by molar-refractivity contribution is 6.42. The summed E-state index contributed by atoms with van der Waals surface area (Å²) in [7, 11) is 0. The second-order valence-corrected chi connectivity index (χ2v) is 0.801. The fraction of sp³-hybridized carbons (Fsp3) is 0. The van der Waals surface area contributed by atoms with E-state index in [-0.39, 0.29) is 0 Å². The summed E-state index contributed by atoms with van der Waals surface area (Å²) in [6.07, 6.45) is 0. The summed E-state index contributed by atoms with van der Waals surface area (Å²) < 4.78 is 11.2. The van der Waals surface area contributed by atoms with E-state index in [4.69, 9.17) is 16.1 Å². The van der Waals surface area contributed by atoms with Crippen LogP contribution in [0.4, 0.5) is 4.39 Å². The molecule has 2 N–H and O–H groups in total. The predicted molar refractivity (Wildman–Crippen MR) is 22.2 cm³/mol. The van der Waals surface area contributed by atoms with E-state index >= 15 is 0 Å². The van der Waals surface area contributed by atoms with E-state index in [1.165, 1.54) is 0 Å². The summed E-state index contributed by atoms with van der Waals surface area (Å²) in [5.74, 6) is -1.48. The number of halogens is 1. The van der Waals surface area contributed by atoms with Crippen molar-refractivity contribution >= 4 is 11.7 Å². The van der Waals surface area contributed by atoms with Gasteiger partial charge in [0.25, 0.3) is 0 Å². The molecule has 0 saturated carbocycles. The Labute approximate surface area is 39.4 Å². The van der Waals surface area contributed by atoms with E-state index < -0.39 is 11.7 Å². The molecule has 0 aromatic heterocycles. The Balaban J connectivity index is 3.90. The smallest absolute Gasteiger partial charge is 0.241 e. The van der Waals surface area contributed by atoms with Crippen molar-refractivity contribution in [1.82, 2.24) is 0 Å². The quantitative estimate of drug-likeness (QED) is 0.461. The Morgan fingerprint density at radius 1 is 1.57 bits per heavy atom. The number of nitrogens with zero attached hydrogens (tertiary/aromatic N) is 1. The second-order valence-electron chi connectivity index (χ2n) is 0.801. The highest BCUT2D eigenvalue weighted by atomic mass is 19.1. The van der Waals surface area contributed by atoms with Gasteiger partial charge in [0, 0.05) is 0 Å². The van der Waals surface area contributed by atoms with Crippen molar-refractivity contribution in [3.63, 3.8) is 0 Å². The lowest BCUT2D eigenvalue weighted by Gasteiger charge is -1.75. The zero-order chi connectivity index (χ0) is 5.86. The molecule has 0 rings (SSSR count). The molecule has 0 aliphatic carbocycles. The summed E-state index contributed by atoms with van der Waals surface area (Å²) in [5, 5.41) is 19.9. The number of rotatable bonds is 1. The van der Waals surface area contributed by atoms with Gasteiger partial charge in [-0.05, 0) is 0 Å². The molecule has 0 radical (unpaired) electrons. The molecule has 4 heteroatoms. The summed E-state index contributed by atoms with van der Waals surface area (Å²) >= 11 is 0. The highest BCUT2D eigenvalue weighted by Gasteiger charge is 1.97. The Morgan fingerprint density at radius 2 is 2.00 bits per heavy atom. The second kappa shape index (κ2) is 2.03. The lowest BCUT2D eigenvalue weighted by Crippen LogP contribution is -2.00. The Kier molecular flexibility index (Phi) is 1.67. The van der Waals surface area contributed by atoms with Crippen molar-refractivity contribution in [3.05, 3.63) is 0 Å². The van der Waals surface area contributed by atoms with E-state index in [1.54, 1.807) is 0 Å². The monoisotopic (exact) mass is 99.0 g/mol. The third-order valence-corrected chi connectivity index (χ3v) is 0.331. The highest BCUT2D eigenvalue weighted by Crippen LogP contribution is 1.74. The van der Waals surface area contributed by atoms with Crippen LogP contribution in [0, 0.1) is 22.1 Å². The molecule has 0 atom stereocenters. The molecule has 0 unspecified atom stereocenters. The molecule has 0 aliphatic rings. The number of nitrogens with one attached hydrogen (secondary N) is 2. The molecule has 0 amide bonds. The third-order valence-electron chi connectivity index (χ3n) is 0.331. The molecule has 36 valence electrons. The average Bonchev–Trinajstić information content (AvgIpc) is 1.65. The van der Waals surface area contributed by atoms with E-state index in [9.17, 15) is 4.39 Å². The van der Waals surface area contributed by atoms with Gasteiger partial charge in [-0.2, -0.15) is 9.65 Å². The molecular weight excluding hydrogens is 97.1 g/mol. The summed E-state index contributed by atoms with van der Waals surface area (Å²) in [5.41, 5.74) is -0.931. The molecule has 3 nitrogen and oxygen atoms in total. The standard InChI is InChI=1S/C3H2FN3/c4-3(7)2(6)1-5/h6-7H. The van der Waals surface area contributed by atoms with Gasteiger partial charge >= 0.3 is 0 Å². The van der Waals surface area contributed by atoms with Gasteiger partial charge in [-0.25, -0.2) is 0 Å². The third kappa shape index (κ3) is 1.60. The normalized spacial score (nSPS) is 6.86. The van der Waals surface area contributed by atoms with Gasteiger partial charge < -0.3 is 0 Å². The van der Waals surface area contributed by atoms with Crippen LogP contribution in [0.1, 0.15) is 0 Å². The maximum Gasteiger partial charge on any atom is 0.241 e. The molecule has 0 aromatic carbocycles. The van der Waals surface area contributed by atoms with Crippen molar-refractivity contribution in [2.24, 2.45) is 0 Å². The Bertz CT molecular complexity index is 143. The van der Waals surface area contributed by atoms with Crippen LogP contribution in [0.3, 0.4) is 0 Å². The van der Waals surface area contributed by atoms with Crippen molar-refractivity contribution in [1.29, 1.82) is 16.1 Å². The topological polar surface area (TPSA) is 71.5 Å². The van der Waals surface area contributed by atoms with Gasteiger partial charge in [0.05, 0.1) is 0 Å². The summed E-state index contributed by atoms with van der Waals surface area (Å²) in [6, 6.07) is 1.15. The van der Waals surface area contributed by atoms with E-state index in [0.717, 1.165) is 6.07 Å². The zero-order valence-corrected chi connectivity index (χ0v) is 3.33. The first-order chi connectivity index (χ1) is 3.18. The van der Waals surface area contributed by atoms with Crippen LogP contribution < -0.4 is 0 Å². The lowest BCUT2D eigenvalue weighted by molar-refractivity contribution is 0.811. The van der Waals surface area contributed by atoms with E-state index in [1.807, 2.05) is 0 Å². The van der Waals surface area contributed by atoms with Crippen LogP contribution in [0.5, 0.6) is 0 Å². The average molecular weight is 99.1 g/mol. The number of nitriles is 1. The van der Waals surface area contributed by atoms with Crippen LogP contribution in [-0.2, 0) is 0 Å². The lowest BCUT2D eigenvalue weighted by atomic mass is 10.4. The summed E-state index contributed by atoms with van der Waals surface area (Å²) in [6.45, 7) is 0. The van der Waals surface area contributed by atoms with E-state index in [2.05, 4.69) is 0 Å². The molecule has 0 spiro atoms. The van der Waals surface area contributed by atoms with Crippen LogP contribution in [0.15, 0.2) is 0 Å². The van der Waals surface area contributed by atoms with Gasteiger partial charge in [0.1, 0.15) is 6.07 Å². The van der Waals surface area contributed by atoms with Gasteiger partial charge in [0.15, 0.2) is 5.71 Å². The van der Waals surface area contributed by atoms with Crippen LogP contribution in [0.25, 0.3) is 0 Å². The fourth-order valence-electron chi connectivity index (χ4n) is 0.0491. The minimum Gasteiger partial charge on any atom is -0.286 e. The van der Waals surface area contributed by atoms with Crippen LogP contribution >= 0.6 is 0 Å². The van der Waals surface area contributed by atoms with Crippen molar-refractivity contribution < 1.29 is 4.39 Å². The van der Waals surface area contributed by atoms with Gasteiger partial charge in [-0.15, -0.1) is 0 Å². The molecule has 0 saturated heterocycles. The van der Waals surface area contributed by atoms with Crippen molar-refractivity contribution in [2.45, 2.75) is 0 Å². The number of hydrogen-bond acceptors (Lipinski definition) is 3. The SMILES string of the molecule is N#CC(=N)C(=N)F. The predicted octanol–water partition coefficient (Wildman–Crippen LogP) is 0.477. The molecule has 0 aromatic rings. The summed E-state index contributed by atoms with van der Waals surface area (Å²) in [4.78, 5) is 0. The maximum absolute atomic E-state index is 11.2. The molecule has 0 fully saturated rings. The number of hydrogen-bond donors (Lipinski definition) is 2. The van der Waals surface area contributed by atoms with Gasteiger partial charge in [-0.3, -0.25) is 10.8 Å². The van der Waals surface area contributed by atoms with Crippen LogP contribution in [-0.4, -0.2) is 11.7 Å². The minimum atomic E-state index is -1.48. The van der Waals surface area contributed by atoms with Gasteiger partial charge in [-0.1, -0.05) is 0 Å².